The summed E-state index contributed by atoms with van der Waals surface area (Å²) in [5.41, 5.74) is 3.20. The minimum absolute atomic E-state index is 1.09. The van der Waals surface area contributed by atoms with Gasteiger partial charge in [0.15, 0.2) is 0 Å². The summed E-state index contributed by atoms with van der Waals surface area (Å²) < 4.78 is 0. The molecule has 17 heavy (non-hydrogen) atoms. The van der Waals surface area contributed by atoms with E-state index in [2.05, 4.69) is 24.0 Å². The van der Waals surface area contributed by atoms with E-state index in [0.717, 1.165) is 11.8 Å². The van der Waals surface area contributed by atoms with Crippen LogP contribution < -0.4 is 0 Å². The van der Waals surface area contributed by atoms with Crippen LogP contribution in [0.4, 0.5) is 0 Å². The summed E-state index contributed by atoms with van der Waals surface area (Å²) >= 11 is 0. The van der Waals surface area contributed by atoms with Crippen LogP contribution in [0.15, 0.2) is 23.3 Å². The Bertz CT molecular complexity index is 325. The fraction of sp³-hybridized carbons (Fsp3) is 0.750. The van der Waals surface area contributed by atoms with E-state index in [-0.39, 0.29) is 0 Å². The van der Waals surface area contributed by atoms with Crippen molar-refractivity contribution in [2.45, 2.75) is 45.4 Å². The lowest BCUT2D eigenvalue weighted by molar-refractivity contribution is 0.171. The largest absolute Gasteiger partial charge is 0.299 e. The molecule has 0 aromatic carbocycles. The zero-order valence-corrected chi connectivity index (χ0v) is 11.1. The average molecular weight is 231 g/mol. The third-order valence-corrected chi connectivity index (χ3v) is 5.08. The lowest BCUT2D eigenvalue weighted by atomic mass is 9.71. The number of likely N-dealkylation sites (tertiary alicyclic amines) is 1. The van der Waals surface area contributed by atoms with Gasteiger partial charge in [-0.05, 0) is 70.4 Å². The second-order valence-corrected chi connectivity index (χ2v) is 6.29. The molecule has 0 aromatic heterocycles. The molecule has 2 unspecified atom stereocenters. The number of fused-ring (bicyclic) bond motifs is 1. The van der Waals surface area contributed by atoms with E-state index in [1.54, 1.807) is 11.1 Å². The number of allylic oxidation sites excluding steroid dienone is 3. The first-order valence-electron chi connectivity index (χ1n) is 7.39. The van der Waals surface area contributed by atoms with E-state index in [0.29, 0.717) is 0 Å². The van der Waals surface area contributed by atoms with Gasteiger partial charge >= 0.3 is 0 Å². The van der Waals surface area contributed by atoms with E-state index < -0.39 is 0 Å². The number of hydrogen-bond donors (Lipinski definition) is 0. The topological polar surface area (TPSA) is 3.24 Å². The Kier molecular flexibility index (Phi) is 3.37. The number of nitrogens with zero attached hydrogens (tertiary/aromatic N) is 1. The Morgan fingerprint density at radius 3 is 2.24 bits per heavy atom. The van der Waals surface area contributed by atoms with Gasteiger partial charge in [0.05, 0.1) is 0 Å². The molecule has 2 atom stereocenters. The van der Waals surface area contributed by atoms with Crippen molar-refractivity contribution in [1.29, 1.82) is 0 Å². The van der Waals surface area contributed by atoms with Crippen molar-refractivity contribution >= 4 is 0 Å². The second kappa shape index (κ2) is 4.97. The lowest BCUT2D eigenvalue weighted by Gasteiger charge is -2.34. The Morgan fingerprint density at radius 2 is 1.71 bits per heavy atom. The molecule has 0 radical (unpaired) electrons. The van der Waals surface area contributed by atoms with Crippen LogP contribution in [0.2, 0.25) is 0 Å². The van der Waals surface area contributed by atoms with Crippen LogP contribution in [-0.4, -0.2) is 24.5 Å². The molecule has 0 spiro atoms. The highest BCUT2D eigenvalue weighted by Crippen LogP contribution is 2.41. The molecule has 1 nitrogen and oxygen atoms in total. The second-order valence-electron chi connectivity index (χ2n) is 6.29. The van der Waals surface area contributed by atoms with Gasteiger partial charge in [-0.3, -0.25) is 4.90 Å². The van der Waals surface area contributed by atoms with Gasteiger partial charge < -0.3 is 0 Å². The first-order valence-corrected chi connectivity index (χ1v) is 7.39. The Balaban J connectivity index is 1.54. The van der Waals surface area contributed by atoms with Gasteiger partial charge in [0.25, 0.3) is 0 Å². The summed E-state index contributed by atoms with van der Waals surface area (Å²) in [4.78, 5) is 2.71. The molecule has 2 fully saturated rings. The van der Waals surface area contributed by atoms with Gasteiger partial charge in [-0.2, -0.15) is 0 Å². The first-order chi connectivity index (χ1) is 8.31. The van der Waals surface area contributed by atoms with Gasteiger partial charge in [-0.15, -0.1) is 0 Å². The minimum Gasteiger partial charge on any atom is -0.299 e. The summed E-state index contributed by atoms with van der Waals surface area (Å²) in [6, 6.07) is 0. The SMILES string of the molecule is CC1=CC=C(CN2CCC3CCC3CC2)CC1. The Labute approximate surface area is 106 Å². The van der Waals surface area contributed by atoms with Crippen LogP contribution in [0.25, 0.3) is 0 Å². The molecule has 1 heteroatoms. The van der Waals surface area contributed by atoms with Crippen molar-refractivity contribution in [1.82, 2.24) is 4.90 Å². The third kappa shape index (κ3) is 2.65. The maximum absolute atomic E-state index is 2.71. The van der Waals surface area contributed by atoms with Crippen LogP contribution in [-0.2, 0) is 0 Å². The fourth-order valence-corrected chi connectivity index (χ4v) is 3.57. The van der Waals surface area contributed by atoms with Crippen LogP contribution >= 0.6 is 0 Å². The molecule has 94 valence electrons. The molecule has 1 saturated heterocycles. The Morgan fingerprint density at radius 1 is 1.00 bits per heavy atom. The maximum atomic E-state index is 2.71. The van der Waals surface area contributed by atoms with Crippen molar-refractivity contribution in [3.63, 3.8) is 0 Å². The minimum atomic E-state index is 1.09. The molecule has 1 saturated carbocycles. The van der Waals surface area contributed by atoms with Gasteiger partial charge in [0, 0.05) is 6.54 Å². The zero-order chi connectivity index (χ0) is 11.7. The summed E-state index contributed by atoms with van der Waals surface area (Å²) in [6.45, 7) is 6.18. The predicted molar refractivity (Wildman–Crippen MR) is 73.0 cm³/mol. The zero-order valence-electron chi connectivity index (χ0n) is 11.1. The molecule has 0 N–H and O–H groups in total. The molecular weight excluding hydrogens is 206 g/mol. The van der Waals surface area contributed by atoms with Crippen molar-refractivity contribution in [2.75, 3.05) is 19.6 Å². The van der Waals surface area contributed by atoms with Crippen LogP contribution in [0, 0.1) is 11.8 Å². The van der Waals surface area contributed by atoms with E-state index >= 15 is 0 Å². The van der Waals surface area contributed by atoms with Crippen LogP contribution in [0.3, 0.4) is 0 Å². The first kappa shape index (κ1) is 11.5. The van der Waals surface area contributed by atoms with Gasteiger partial charge in [0.2, 0.25) is 0 Å². The molecule has 2 aliphatic carbocycles. The molecular formula is C16H25N. The number of hydrogen-bond acceptors (Lipinski definition) is 1. The normalized spacial score (nSPS) is 34.2. The van der Waals surface area contributed by atoms with Crippen molar-refractivity contribution < 1.29 is 0 Å². The quantitative estimate of drug-likeness (QED) is 0.699. The summed E-state index contributed by atoms with van der Waals surface area (Å²) in [5, 5.41) is 0. The van der Waals surface area contributed by atoms with Gasteiger partial charge in [-0.1, -0.05) is 23.3 Å². The van der Waals surface area contributed by atoms with E-state index in [9.17, 15) is 0 Å². The lowest BCUT2D eigenvalue weighted by Crippen LogP contribution is -2.27. The molecule has 0 bridgehead atoms. The summed E-state index contributed by atoms with van der Waals surface area (Å²) in [6.07, 6.45) is 13.2. The smallest absolute Gasteiger partial charge is 0.0196 e. The standard InChI is InChI=1S/C16H25N/c1-13-2-4-14(5-3-13)12-17-10-8-15-6-7-16(15)9-11-17/h2,4,15-16H,3,5-12H2,1H3. The molecule has 3 rings (SSSR count). The van der Waals surface area contributed by atoms with E-state index in [4.69, 9.17) is 0 Å². The Hall–Kier alpha value is -0.560. The maximum Gasteiger partial charge on any atom is 0.0196 e. The van der Waals surface area contributed by atoms with Gasteiger partial charge in [-0.25, -0.2) is 0 Å². The highest BCUT2D eigenvalue weighted by molar-refractivity contribution is 5.23. The van der Waals surface area contributed by atoms with E-state index in [1.165, 1.54) is 58.2 Å². The van der Waals surface area contributed by atoms with Gasteiger partial charge in [0.1, 0.15) is 0 Å². The molecule has 1 heterocycles. The monoisotopic (exact) mass is 231 g/mol. The van der Waals surface area contributed by atoms with Crippen molar-refractivity contribution in [2.24, 2.45) is 11.8 Å². The molecule has 0 aromatic rings. The summed E-state index contributed by atoms with van der Waals surface area (Å²) in [5.74, 6) is 2.17. The summed E-state index contributed by atoms with van der Waals surface area (Å²) in [7, 11) is 0. The number of rotatable bonds is 2. The third-order valence-electron chi connectivity index (χ3n) is 5.08. The van der Waals surface area contributed by atoms with Crippen LogP contribution in [0.5, 0.6) is 0 Å². The highest BCUT2D eigenvalue weighted by atomic mass is 15.1. The average Bonchev–Trinajstić information content (AvgIpc) is 2.42. The fourth-order valence-electron chi connectivity index (χ4n) is 3.57. The molecule has 1 aliphatic heterocycles. The van der Waals surface area contributed by atoms with Crippen LogP contribution in [0.1, 0.15) is 45.4 Å². The molecule has 0 amide bonds. The predicted octanol–water partition coefficient (Wildman–Crippen LogP) is 3.77. The van der Waals surface area contributed by atoms with Crippen molar-refractivity contribution in [3.05, 3.63) is 23.3 Å². The highest BCUT2D eigenvalue weighted by Gasteiger charge is 2.33. The molecule has 3 aliphatic rings. The van der Waals surface area contributed by atoms with Crippen molar-refractivity contribution in [3.8, 4) is 0 Å². The van der Waals surface area contributed by atoms with E-state index in [1.807, 2.05) is 0 Å².